The minimum atomic E-state index is -0.991. The molecule has 0 spiro atoms. The van der Waals surface area contributed by atoms with Crippen molar-refractivity contribution in [2.75, 3.05) is 0 Å². The van der Waals surface area contributed by atoms with Crippen LogP contribution >= 0.6 is 0 Å². The van der Waals surface area contributed by atoms with Gasteiger partial charge in [-0.2, -0.15) is 5.26 Å². The minimum absolute atomic E-state index is 0.153. The quantitative estimate of drug-likeness (QED) is 0.757. The molecule has 0 heterocycles. The van der Waals surface area contributed by atoms with Crippen LogP contribution in [0.3, 0.4) is 0 Å². The molecule has 1 aromatic rings. The molecule has 0 amide bonds. The molecular formula is C12H11NO2. The Kier molecular flexibility index (Phi) is 3.37. The summed E-state index contributed by atoms with van der Waals surface area (Å²) in [5.41, 5.74) is 1.23. The maximum absolute atomic E-state index is 11.0. The topological polar surface area (TPSA) is 61.1 Å². The Morgan fingerprint density at radius 2 is 2.00 bits per heavy atom. The van der Waals surface area contributed by atoms with Crippen LogP contribution in [-0.2, 0) is 4.79 Å². The van der Waals surface area contributed by atoms with Crippen molar-refractivity contribution in [1.29, 1.82) is 5.26 Å². The molecule has 0 radical (unpaired) electrons. The number of hydrogen-bond donors (Lipinski definition) is 1. The number of carbonyl (C=O) groups excluding carboxylic acids is 1. The SMILES string of the molecule is C=C(C(C)=O)C(O)c1ccc(C#N)cc1. The molecule has 0 aromatic heterocycles. The van der Waals surface area contributed by atoms with Crippen molar-refractivity contribution in [2.45, 2.75) is 13.0 Å². The molecule has 0 aliphatic carbocycles. The summed E-state index contributed by atoms with van der Waals surface area (Å²) >= 11 is 0. The van der Waals surface area contributed by atoms with E-state index in [0.29, 0.717) is 11.1 Å². The van der Waals surface area contributed by atoms with E-state index in [0.717, 1.165) is 0 Å². The van der Waals surface area contributed by atoms with Gasteiger partial charge in [0.05, 0.1) is 11.6 Å². The third kappa shape index (κ3) is 2.52. The zero-order valence-corrected chi connectivity index (χ0v) is 8.40. The molecule has 0 fully saturated rings. The van der Waals surface area contributed by atoms with Crippen LogP contribution in [0.4, 0.5) is 0 Å². The van der Waals surface area contributed by atoms with Gasteiger partial charge in [-0.25, -0.2) is 0 Å². The highest BCUT2D eigenvalue weighted by atomic mass is 16.3. The number of hydrogen-bond acceptors (Lipinski definition) is 3. The smallest absolute Gasteiger partial charge is 0.158 e. The number of nitriles is 1. The van der Waals surface area contributed by atoms with Crippen molar-refractivity contribution in [3.8, 4) is 6.07 Å². The summed E-state index contributed by atoms with van der Waals surface area (Å²) in [6.45, 7) is 4.86. The van der Waals surface area contributed by atoms with Gasteiger partial charge in [-0.3, -0.25) is 4.79 Å². The molecule has 0 saturated carbocycles. The molecule has 15 heavy (non-hydrogen) atoms. The van der Waals surface area contributed by atoms with Crippen LogP contribution < -0.4 is 0 Å². The minimum Gasteiger partial charge on any atom is -0.384 e. The molecule has 0 aliphatic heterocycles. The predicted molar refractivity (Wildman–Crippen MR) is 55.9 cm³/mol. The Labute approximate surface area is 88.3 Å². The number of ketones is 1. The van der Waals surface area contributed by atoms with E-state index in [-0.39, 0.29) is 11.4 Å². The average Bonchev–Trinajstić information content (AvgIpc) is 2.27. The van der Waals surface area contributed by atoms with Crippen LogP contribution in [0.15, 0.2) is 36.4 Å². The van der Waals surface area contributed by atoms with Gasteiger partial charge in [-0.15, -0.1) is 0 Å². The van der Waals surface area contributed by atoms with Crippen LogP contribution in [0, 0.1) is 11.3 Å². The molecule has 0 aliphatic rings. The second-order valence-electron chi connectivity index (χ2n) is 3.22. The van der Waals surface area contributed by atoms with Gasteiger partial charge in [0.25, 0.3) is 0 Å². The Bertz CT molecular complexity index is 426. The van der Waals surface area contributed by atoms with Crippen LogP contribution in [0.1, 0.15) is 24.2 Å². The molecule has 1 atom stereocenters. The van der Waals surface area contributed by atoms with Gasteiger partial charge in [0.2, 0.25) is 0 Å². The fourth-order valence-corrected chi connectivity index (χ4v) is 1.13. The van der Waals surface area contributed by atoms with E-state index in [9.17, 15) is 9.90 Å². The maximum Gasteiger partial charge on any atom is 0.158 e. The van der Waals surface area contributed by atoms with E-state index < -0.39 is 6.10 Å². The summed E-state index contributed by atoms with van der Waals surface area (Å²) in [7, 11) is 0. The first-order chi connectivity index (χ1) is 7.06. The molecular weight excluding hydrogens is 190 g/mol. The highest BCUT2D eigenvalue weighted by Crippen LogP contribution is 2.20. The summed E-state index contributed by atoms with van der Waals surface area (Å²) in [4.78, 5) is 11.0. The first kappa shape index (κ1) is 11.2. The van der Waals surface area contributed by atoms with Crippen molar-refractivity contribution in [3.05, 3.63) is 47.5 Å². The van der Waals surface area contributed by atoms with Gasteiger partial charge in [0.1, 0.15) is 6.10 Å². The van der Waals surface area contributed by atoms with Crippen LogP contribution in [0.2, 0.25) is 0 Å². The normalized spacial score (nSPS) is 11.5. The largest absolute Gasteiger partial charge is 0.384 e. The fourth-order valence-electron chi connectivity index (χ4n) is 1.13. The van der Waals surface area contributed by atoms with E-state index in [4.69, 9.17) is 5.26 Å². The monoisotopic (exact) mass is 201 g/mol. The molecule has 0 bridgehead atoms. The maximum atomic E-state index is 11.0. The average molecular weight is 201 g/mol. The second kappa shape index (κ2) is 4.54. The summed E-state index contributed by atoms with van der Waals surface area (Å²) in [6, 6.07) is 8.37. The number of benzene rings is 1. The lowest BCUT2D eigenvalue weighted by atomic mass is 9.99. The van der Waals surface area contributed by atoms with E-state index in [2.05, 4.69) is 6.58 Å². The van der Waals surface area contributed by atoms with Gasteiger partial charge in [0.15, 0.2) is 5.78 Å². The number of Topliss-reactive ketones (excluding diaryl/α,β-unsaturated/α-hetero) is 1. The summed E-state index contributed by atoms with van der Waals surface area (Å²) in [6.07, 6.45) is -0.991. The van der Waals surface area contributed by atoms with Gasteiger partial charge < -0.3 is 5.11 Å². The lowest BCUT2D eigenvalue weighted by molar-refractivity contribution is -0.114. The Hall–Kier alpha value is -1.92. The molecule has 1 unspecified atom stereocenters. The van der Waals surface area contributed by atoms with Crippen molar-refractivity contribution < 1.29 is 9.90 Å². The standard InChI is InChI=1S/C12H11NO2/c1-8(9(2)14)12(15)11-5-3-10(7-13)4-6-11/h3-6,12,15H,1H2,2H3. The lowest BCUT2D eigenvalue weighted by Gasteiger charge is -2.11. The van der Waals surface area contributed by atoms with Crippen LogP contribution in [-0.4, -0.2) is 10.9 Å². The van der Waals surface area contributed by atoms with Crippen molar-refractivity contribution in [2.24, 2.45) is 0 Å². The van der Waals surface area contributed by atoms with E-state index >= 15 is 0 Å². The first-order valence-corrected chi connectivity index (χ1v) is 4.44. The van der Waals surface area contributed by atoms with E-state index in [1.165, 1.54) is 6.92 Å². The van der Waals surface area contributed by atoms with E-state index in [1.807, 2.05) is 6.07 Å². The Morgan fingerprint density at radius 1 is 1.47 bits per heavy atom. The molecule has 3 nitrogen and oxygen atoms in total. The Morgan fingerprint density at radius 3 is 2.40 bits per heavy atom. The van der Waals surface area contributed by atoms with Crippen molar-refractivity contribution >= 4 is 5.78 Å². The van der Waals surface area contributed by atoms with Gasteiger partial charge in [-0.05, 0) is 24.6 Å². The number of rotatable bonds is 3. The third-order valence-electron chi connectivity index (χ3n) is 2.14. The molecule has 1 N–H and O–H groups in total. The van der Waals surface area contributed by atoms with Crippen molar-refractivity contribution in [3.63, 3.8) is 0 Å². The van der Waals surface area contributed by atoms with Gasteiger partial charge in [-0.1, -0.05) is 18.7 Å². The molecule has 0 saturated heterocycles. The molecule has 3 heteroatoms. The van der Waals surface area contributed by atoms with E-state index in [1.54, 1.807) is 24.3 Å². The van der Waals surface area contributed by atoms with Gasteiger partial charge >= 0.3 is 0 Å². The van der Waals surface area contributed by atoms with Gasteiger partial charge in [0, 0.05) is 5.57 Å². The molecule has 76 valence electrons. The van der Waals surface area contributed by atoms with Crippen molar-refractivity contribution in [1.82, 2.24) is 0 Å². The highest BCUT2D eigenvalue weighted by Gasteiger charge is 2.14. The van der Waals surface area contributed by atoms with Crippen LogP contribution in [0.25, 0.3) is 0 Å². The number of aliphatic hydroxyl groups excluding tert-OH is 1. The lowest BCUT2D eigenvalue weighted by Crippen LogP contribution is -2.07. The fraction of sp³-hybridized carbons (Fsp3) is 0.167. The second-order valence-corrected chi connectivity index (χ2v) is 3.22. The Balaban J connectivity index is 2.93. The summed E-state index contributed by atoms with van der Waals surface area (Å²) < 4.78 is 0. The molecule has 1 aromatic carbocycles. The summed E-state index contributed by atoms with van der Waals surface area (Å²) in [5.74, 6) is -0.244. The number of carbonyl (C=O) groups is 1. The number of nitrogens with zero attached hydrogens (tertiary/aromatic N) is 1. The zero-order valence-electron chi connectivity index (χ0n) is 8.40. The number of aliphatic hydroxyl groups is 1. The predicted octanol–water partition coefficient (Wildman–Crippen LogP) is 1.74. The molecule has 1 rings (SSSR count). The highest BCUT2D eigenvalue weighted by molar-refractivity contribution is 5.93. The summed E-state index contributed by atoms with van der Waals surface area (Å²) in [5, 5.41) is 18.3. The first-order valence-electron chi connectivity index (χ1n) is 4.44. The zero-order chi connectivity index (χ0) is 11.4. The van der Waals surface area contributed by atoms with Crippen LogP contribution in [0.5, 0.6) is 0 Å². The third-order valence-corrected chi connectivity index (χ3v) is 2.14.